The fourth-order valence-electron chi connectivity index (χ4n) is 4.11. The number of para-hydroxylation sites is 1. The summed E-state index contributed by atoms with van der Waals surface area (Å²) in [6.45, 7) is 3.91. The molecule has 8 heteroatoms. The molecule has 0 bridgehead atoms. The molecule has 4 rings (SSSR count). The highest BCUT2D eigenvalue weighted by molar-refractivity contribution is 5.84. The highest BCUT2D eigenvalue weighted by Crippen LogP contribution is 2.34. The molecule has 3 aromatic rings. The van der Waals surface area contributed by atoms with Crippen molar-refractivity contribution in [2.45, 2.75) is 38.9 Å². The molecule has 0 spiro atoms. The standard InChI is InChI=1S/C24H25N3O5/c1-4-32-21(28)13-20-22-25-19-8-6-5-7-18(19)24(30)27(22)15(2)23(29)26(20)14-16-9-11-17(31-3)12-10-16/h5-12,15,20H,4,13-14H2,1-3H3/t15-,20+/m0/s1. The van der Waals surface area contributed by atoms with Crippen LogP contribution >= 0.6 is 0 Å². The molecule has 32 heavy (non-hydrogen) atoms. The molecule has 8 nitrogen and oxygen atoms in total. The van der Waals surface area contributed by atoms with E-state index in [9.17, 15) is 14.4 Å². The van der Waals surface area contributed by atoms with Crippen LogP contribution < -0.4 is 10.3 Å². The summed E-state index contributed by atoms with van der Waals surface area (Å²) < 4.78 is 11.8. The molecule has 1 aliphatic rings. The van der Waals surface area contributed by atoms with E-state index in [1.807, 2.05) is 24.3 Å². The fraction of sp³-hybridized carbons (Fsp3) is 0.333. The predicted octanol–water partition coefficient (Wildman–Crippen LogP) is 3.00. The van der Waals surface area contributed by atoms with E-state index in [1.54, 1.807) is 50.1 Å². The molecule has 0 aliphatic carbocycles. The van der Waals surface area contributed by atoms with Crippen molar-refractivity contribution in [2.75, 3.05) is 13.7 Å². The summed E-state index contributed by atoms with van der Waals surface area (Å²) in [5.74, 6) is 0.401. The number of nitrogens with zero attached hydrogens (tertiary/aromatic N) is 3. The summed E-state index contributed by atoms with van der Waals surface area (Å²) in [5, 5.41) is 0.439. The first kappa shape index (κ1) is 21.5. The molecule has 0 fully saturated rings. The molecule has 0 unspecified atom stereocenters. The molecule has 0 saturated heterocycles. The molecule has 1 aliphatic heterocycles. The van der Waals surface area contributed by atoms with Crippen molar-refractivity contribution in [3.63, 3.8) is 0 Å². The minimum atomic E-state index is -0.744. The average Bonchev–Trinajstić information content (AvgIpc) is 2.80. The normalized spacial score (nSPS) is 17.8. The minimum absolute atomic E-state index is 0.0900. The van der Waals surface area contributed by atoms with Gasteiger partial charge in [-0.25, -0.2) is 4.98 Å². The van der Waals surface area contributed by atoms with E-state index in [1.165, 1.54) is 4.57 Å². The van der Waals surface area contributed by atoms with E-state index in [0.29, 0.717) is 22.5 Å². The van der Waals surface area contributed by atoms with Gasteiger partial charge in [0, 0.05) is 6.54 Å². The second-order valence-electron chi connectivity index (χ2n) is 7.68. The van der Waals surface area contributed by atoms with E-state index < -0.39 is 18.1 Å². The molecule has 1 amide bonds. The first-order valence-electron chi connectivity index (χ1n) is 10.5. The number of ether oxygens (including phenoxy) is 2. The Balaban J connectivity index is 1.83. The molecule has 0 N–H and O–H groups in total. The van der Waals surface area contributed by atoms with E-state index in [2.05, 4.69) is 0 Å². The van der Waals surface area contributed by atoms with Crippen LogP contribution in [0.5, 0.6) is 5.75 Å². The Hall–Kier alpha value is -3.68. The van der Waals surface area contributed by atoms with Gasteiger partial charge in [-0.05, 0) is 43.7 Å². The Bertz CT molecular complexity index is 1220. The number of esters is 1. The van der Waals surface area contributed by atoms with Crippen molar-refractivity contribution in [1.29, 1.82) is 0 Å². The van der Waals surface area contributed by atoms with Crippen LogP contribution in [-0.2, 0) is 20.9 Å². The largest absolute Gasteiger partial charge is 0.497 e. The number of hydrogen-bond donors (Lipinski definition) is 0. The lowest BCUT2D eigenvalue weighted by atomic mass is 10.0. The van der Waals surface area contributed by atoms with Crippen LogP contribution in [0.2, 0.25) is 0 Å². The first-order chi connectivity index (χ1) is 15.4. The third-order valence-corrected chi connectivity index (χ3v) is 5.71. The fourth-order valence-corrected chi connectivity index (χ4v) is 4.11. The molecule has 2 atom stereocenters. The maximum Gasteiger partial charge on any atom is 0.308 e. The number of carbonyl (C=O) groups is 2. The van der Waals surface area contributed by atoms with Gasteiger partial charge < -0.3 is 14.4 Å². The predicted molar refractivity (Wildman–Crippen MR) is 118 cm³/mol. The SMILES string of the molecule is CCOC(=O)C[C@@H]1c2nc3ccccc3c(=O)n2[C@@H](C)C(=O)N1Cc1ccc(OC)cc1. The highest BCUT2D eigenvalue weighted by Gasteiger charge is 2.40. The van der Waals surface area contributed by atoms with Gasteiger partial charge in [0.15, 0.2) is 0 Å². The maximum absolute atomic E-state index is 13.4. The zero-order valence-corrected chi connectivity index (χ0v) is 18.3. The zero-order chi connectivity index (χ0) is 22.8. The molecule has 2 aromatic carbocycles. The summed E-state index contributed by atoms with van der Waals surface area (Å²) >= 11 is 0. The van der Waals surface area contributed by atoms with Crippen molar-refractivity contribution >= 4 is 22.8 Å². The molecular formula is C24H25N3O5. The molecule has 1 aromatic heterocycles. The minimum Gasteiger partial charge on any atom is -0.497 e. The van der Waals surface area contributed by atoms with Crippen LogP contribution in [0.3, 0.4) is 0 Å². The van der Waals surface area contributed by atoms with Gasteiger partial charge in [0.1, 0.15) is 23.7 Å². The topological polar surface area (TPSA) is 90.7 Å². The number of methoxy groups -OCH3 is 1. The summed E-state index contributed by atoms with van der Waals surface area (Å²) in [6.07, 6.45) is -0.0900. The van der Waals surface area contributed by atoms with Gasteiger partial charge in [-0.1, -0.05) is 24.3 Å². The van der Waals surface area contributed by atoms with Crippen LogP contribution in [0, 0.1) is 0 Å². The van der Waals surface area contributed by atoms with E-state index >= 15 is 0 Å². The maximum atomic E-state index is 13.4. The molecule has 166 valence electrons. The van der Waals surface area contributed by atoms with Crippen molar-refractivity contribution in [3.8, 4) is 5.75 Å². The number of carbonyl (C=O) groups excluding carboxylic acids is 2. The Kier molecular flexibility index (Phi) is 5.94. The Morgan fingerprint density at radius 1 is 1.09 bits per heavy atom. The number of aromatic nitrogens is 2. The Morgan fingerprint density at radius 2 is 1.81 bits per heavy atom. The van der Waals surface area contributed by atoms with E-state index in [0.717, 1.165) is 5.56 Å². The highest BCUT2D eigenvalue weighted by atomic mass is 16.5. The van der Waals surface area contributed by atoms with Gasteiger partial charge in [0.2, 0.25) is 5.91 Å². The van der Waals surface area contributed by atoms with Crippen LogP contribution in [0.4, 0.5) is 0 Å². The van der Waals surface area contributed by atoms with Crippen molar-refractivity contribution in [2.24, 2.45) is 0 Å². The van der Waals surface area contributed by atoms with Crippen LogP contribution in [0.15, 0.2) is 53.3 Å². The molecule has 2 heterocycles. The quantitative estimate of drug-likeness (QED) is 0.553. The number of amides is 1. The third kappa shape index (κ3) is 3.84. The molecule has 0 saturated carbocycles. The summed E-state index contributed by atoms with van der Waals surface area (Å²) in [4.78, 5) is 45.4. The number of rotatable bonds is 6. The van der Waals surface area contributed by atoms with Crippen molar-refractivity contribution < 1.29 is 19.1 Å². The average molecular weight is 435 g/mol. The number of benzene rings is 2. The number of fused-ring (bicyclic) bond motifs is 2. The van der Waals surface area contributed by atoms with Gasteiger partial charge in [-0.15, -0.1) is 0 Å². The lowest BCUT2D eigenvalue weighted by Gasteiger charge is -2.39. The monoisotopic (exact) mass is 435 g/mol. The third-order valence-electron chi connectivity index (χ3n) is 5.71. The van der Waals surface area contributed by atoms with Gasteiger partial charge >= 0.3 is 5.97 Å². The van der Waals surface area contributed by atoms with Crippen LogP contribution in [-0.4, -0.2) is 40.0 Å². The van der Waals surface area contributed by atoms with Gasteiger partial charge in [-0.3, -0.25) is 19.0 Å². The molecular weight excluding hydrogens is 410 g/mol. The van der Waals surface area contributed by atoms with Crippen LogP contribution in [0.25, 0.3) is 10.9 Å². The van der Waals surface area contributed by atoms with Crippen LogP contribution in [0.1, 0.15) is 43.7 Å². The van der Waals surface area contributed by atoms with Gasteiger partial charge in [0.25, 0.3) is 5.56 Å². The summed E-state index contributed by atoms with van der Waals surface area (Å²) in [5.41, 5.74) is 1.12. The number of hydrogen-bond acceptors (Lipinski definition) is 6. The zero-order valence-electron chi connectivity index (χ0n) is 18.3. The lowest BCUT2D eigenvalue weighted by Crippen LogP contribution is -2.49. The van der Waals surface area contributed by atoms with Crippen molar-refractivity contribution in [3.05, 3.63) is 70.3 Å². The summed E-state index contributed by atoms with van der Waals surface area (Å²) in [6, 6.07) is 12.9. The van der Waals surface area contributed by atoms with E-state index in [-0.39, 0.29) is 31.0 Å². The second-order valence-corrected chi connectivity index (χ2v) is 7.68. The van der Waals surface area contributed by atoms with E-state index in [4.69, 9.17) is 14.5 Å². The van der Waals surface area contributed by atoms with Gasteiger partial charge in [0.05, 0.1) is 31.0 Å². The second kappa shape index (κ2) is 8.82. The molecule has 0 radical (unpaired) electrons. The first-order valence-corrected chi connectivity index (χ1v) is 10.5. The smallest absolute Gasteiger partial charge is 0.308 e. The van der Waals surface area contributed by atoms with Gasteiger partial charge in [-0.2, -0.15) is 0 Å². The lowest BCUT2D eigenvalue weighted by molar-refractivity contribution is -0.148. The summed E-state index contributed by atoms with van der Waals surface area (Å²) in [7, 11) is 1.59. The van der Waals surface area contributed by atoms with Crippen molar-refractivity contribution in [1.82, 2.24) is 14.5 Å². The Morgan fingerprint density at radius 3 is 2.50 bits per heavy atom. The Labute approximate surface area is 185 Å².